The number of rotatable bonds is 5. The van der Waals surface area contributed by atoms with Crippen molar-refractivity contribution in [2.24, 2.45) is 35.5 Å². The molecule has 156 valence electrons. The molecule has 6 heteroatoms. The summed E-state index contributed by atoms with van der Waals surface area (Å²) in [6, 6.07) is 13.5. The van der Waals surface area contributed by atoms with Gasteiger partial charge < -0.3 is 4.74 Å². The summed E-state index contributed by atoms with van der Waals surface area (Å²) < 4.78 is 5.80. The van der Waals surface area contributed by atoms with Crippen LogP contribution in [0.5, 0.6) is 5.75 Å². The van der Waals surface area contributed by atoms with Gasteiger partial charge >= 0.3 is 0 Å². The molecule has 1 saturated heterocycles. The first kappa shape index (κ1) is 18.8. The summed E-state index contributed by atoms with van der Waals surface area (Å²) in [7, 11) is 0. The molecule has 4 aliphatic carbocycles. The molecule has 0 unspecified atom stereocenters. The van der Waals surface area contributed by atoms with E-state index in [1.807, 2.05) is 0 Å². The van der Waals surface area contributed by atoms with Gasteiger partial charge in [-0.3, -0.25) is 14.4 Å². The first-order valence-electron chi connectivity index (χ1n) is 10.6. The van der Waals surface area contributed by atoms with Crippen molar-refractivity contribution in [3.8, 4) is 5.75 Å². The van der Waals surface area contributed by atoms with Crippen LogP contribution < -0.4 is 9.64 Å². The molecule has 0 radical (unpaired) electrons. The predicted octanol–water partition coefficient (Wildman–Crippen LogP) is 4.16. The van der Waals surface area contributed by atoms with Crippen molar-refractivity contribution < 1.29 is 19.1 Å². The van der Waals surface area contributed by atoms with Gasteiger partial charge in [-0.05, 0) is 66.5 Å². The number of Topliss-reactive ketones (excluding diaryl/α,β-unsaturated/α-hetero) is 1. The number of para-hydroxylation sites is 2. The van der Waals surface area contributed by atoms with Crippen molar-refractivity contribution in [3.05, 3.63) is 71.3 Å². The Morgan fingerprint density at radius 3 is 2.19 bits per heavy atom. The number of benzene rings is 2. The van der Waals surface area contributed by atoms with E-state index in [4.69, 9.17) is 16.3 Å². The number of amides is 2. The van der Waals surface area contributed by atoms with Crippen LogP contribution in [-0.2, 0) is 9.59 Å². The molecule has 1 aliphatic heterocycles. The Morgan fingerprint density at radius 2 is 1.55 bits per heavy atom. The molecule has 5 aliphatic rings. The second kappa shape index (κ2) is 6.79. The minimum absolute atomic E-state index is 0.139. The normalized spacial score (nSPS) is 32.1. The van der Waals surface area contributed by atoms with Gasteiger partial charge in [0.05, 0.1) is 17.5 Å². The average molecular weight is 434 g/mol. The van der Waals surface area contributed by atoms with E-state index in [1.54, 1.807) is 48.5 Å². The molecule has 0 aromatic heterocycles. The lowest BCUT2D eigenvalue weighted by Gasteiger charge is -2.37. The highest BCUT2D eigenvalue weighted by molar-refractivity contribution is 6.30. The van der Waals surface area contributed by atoms with E-state index in [0.717, 1.165) is 6.42 Å². The van der Waals surface area contributed by atoms with Crippen LogP contribution in [0.1, 0.15) is 16.8 Å². The first-order valence-corrected chi connectivity index (χ1v) is 11.0. The summed E-state index contributed by atoms with van der Waals surface area (Å²) in [5, 5.41) is 0.552. The molecule has 5 nitrogen and oxygen atoms in total. The fraction of sp³-hybridized carbons (Fsp3) is 0.320. The number of imide groups is 1. The van der Waals surface area contributed by atoms with E-state index in [9.17, 15) is 14.4 Å². The molecule has 7 rings (SSSR count). The van der Waals surface area contributed by atoms with E-state index in [2.05, 4.69) is 12.2 Å². The summed E-state index contributed by atoms with van der Waals surface area (Å²) in [5.74, 6) is 0.775. The Hall–Kier alpha value is -2.92. The second-order valence-electron chi connectivity index (χ2n) is 8.85. The lowest BCUT2D eigenvalue weighted by Crippen LogP contribution is -2.40. The number of hydrogen-bond donors (Lipinski definition) is 0. The van der Waals surface area contributed by atoms with Crippen molar-refractivity contribution in [1.82, 2.24) is 0 Å². The number of allylic oxidation sites excluding steroid dienone is 2. The molecular weight excluding hydrogens is 414 g/mol. The first-order chi connectivity index (χ1) is 15.0. The maximum atomic E-state index is 13.4. The summed E-state index contributed by atoms with van der Waals surface area (Å²) in [6.07, 6.45) is 5.44. The molecule has 31 heavy (non-hydrogen) atoms. The molecule has 2 amide bonds. The Bertz CT molecular complexity index is 1100. The van der Waals surface area contributed by atoms with Gasteiger partial charge in [0.1, 0.15) is 5.75 Å². The average Bonchev–Trinajstić information content (AvgIpc) is 3.56. The minimum atomic E-state index is -0.269. The maximum Gasteiger partial charge on any atom is 0.238 e. The molecular formula is C25H20ClNO4. The van der Waals surface area contributed by atoms with Crippen LogP contribution in [-0.4, -0.2) is 24.2 Å². The van der Waals surface area contributed by atoms with Crippen molar-refractivity contribution >= 4 is 34.9 Å². The predicted molar refractivity (Wildman–Crippen MR) is 115 cm³/mol. The Labute approximate surface area is 184 Å². The number of carbonyl (C=O) groups excluding carboxylic acids is 3. The van der Waals surface area contributed by atoms with Crippen LogP contribution >= 0.6 is 11.6 Å². The summed E-state index contributed by atoms with van der Waals surface area (Å²) >= 11 is 5.88. The van der Waals surface area contributed by atoms with Gasteiger partial charge in [-0.25, -0.2) is 4.90 Å². The van der Waals surface area contributed by atoms with Gasteiger partial charge in [-0.2, -0.15) is 0 Å². The zero-order chi connectivity index (χ0) is 21.3. The highest BCUT2D eigenvalue weighted by Gasteiger charge is 2.67. The number of anilines is 1. The Balaban J connectivity index is 1.26. The van der Waals surface area contributed by atoms with Gasteiger partial charge in [0.2, 0.25) is 11.8 Å². The minimum Gasteiger partial charge on any atom is -0.483 e. The lowest BCUT2D eigenvalue weighted by atomic mass is 9.63. The highest BCUT2D eigenvalue weighted by Crippen LogP contribution is 2.65. The Kier molecular flexibility index (Phi) is 4.12. The van der Waals surface area contributed by atoms with Crippen molar-refractivity contribution in [1.29, 1.82) is 0 Å². The van der Waals surface area contributed by atoms with Crippen LogP contribution in [0.25, 0.3) is 0 Å². The van der Waals surface area contributed by atoms with E-state index in [0.29, 0.717) is 33.9 Å². The van der Waals surface area contributed by atoms with Gasteiger partial charge in [-0.1, -0.05) is 35.9 Å². The summed E-state index contributed by atoms with van der Waals surface area (Å²) in [5.41, 5.74) is 0.909. The monoisotopic (exact) mass is 433 g/mol. The fourth-order valence-corrected chi connectivity index (χ4v) is 5.95. The quantitative estimate of drug-likeness (QED) is 0.403. The SMILES string of the molecule is O=C(COc1ccccc1N1C(=O)[C@H]2[C@@H]3C=C[C@@H]([C@H]4C[C@H]34)[C@@H]2C1=O)c1ccc(Cl)cc1. The standard InChI is InChI=1S/C25H20ClNO4/c26-14-7-5-13(6-8-14)20(28)12-31-21-4-2-1-3-19(21)27-24(29)22-15-9-10-16(18-11-17(15)18)23(22)25(27)30/h1-10,15-18,22-23H,11-12H2/t15-,16+,17-,18-,22+,23+/m1/s1. The van der Waals surface area contributed by atoms with Crippen LogP contribution in [0.4, 0.5) is 5.69 Å². The Morgan fingerprint density at radius 1 is 0.935 bits per heavy atom. The van der Waals surface area contributed by atoms with Gasteiger partial charge in [0, 0.05) is 10.6 Å². The maximum absolute atomic E-state index is 13.4. The third-order valence-electron chi connectivity index (χ3n) is 7.29. The fourth-order valence-electron chi connectivity index (χ4n) is 5.82. The number of ketones is 1. The van der Waals surface area contributed by atoms with Crippen LogP contribution in [0.3, 0.4) is 0 Å². The van der Waals surface area contributed by atoms with Crippen molar-refractivity contribution in [2.75, 3.05) is 11.5 Å². The molecule has 2 bridgehead atoms. The summed E-state index contributed by atoms with van der Waals surface area (Å²) in [6.45, 7) is -0.196. The lowest BCUT2D eigenvalue weighted by molar-refractivity contribution is -0.124. The number of carbonyl (C=O) groups is 3. The number of nitrogens with zero attached hydrogens (tertiary/aromatic N) is 1. The highest BCUT2D eigenvalue weighted by atomic mass is 35.5. The third kappa shape index (κ3) is 2.79. The van der Waals surface area contributed by atoms with E-state index < -0.39 is 0 Å². The van der Waals surface area contributed by atoms with E-state index in [1.165, 1.54) is 4.90 Å². The van der Waals surface area contributed by atoms with Crippen molar-refractivity contribution in [3.63, 3.8) is 0 Å². The number of halogens is 1. The zero-order valence-electron chi connectivity index (χ0n) is 16.6. The second-order valence-corrected chi connectivity index (χ2v) is 9.29. The van der Waals surface area contributed by atoms with Crippen LogP contribution in [0.2, 0.25) is 5.02 Å². The van der Waals surface area contributed by atoms with Gasteiger partial charge in [0.15, 0.2) is 12.4 Å². The third-order valence-corrected chi connectivity index (χ3v) is 7.55. The van der Waals surface area contributed by atoms with Crippen molar-refractivity contribution in [2.45, 2.75) is 6.42 Å². The number of ether oxygens (including phenoxy) is 1. The molecule has 2 saturated carbocycles. The summed E-state index contributed by atoms with van der Waals surface area (Å²) in [4.78, 5) is 40.6. The molecule has 2 aromatic carbocycles. The number of hydrogen-bond acceptors (Lipinski definition) is 4. The van der Waals surface area contributed by atoms with E-state index >= 15 is 0 Å². The van der Waals surface area contributed by atoms with Gasteiger partial charge in [0.25, 0.3) is 0 Å². The smallest absolute Gasteiger partial charge is 0.238 e. The van der Waals surface area contributed by atoms with Crippen LogP contribution in [0.15, 0.2) is 60.7 Å². The van der Waals surface area contributed by atoms with Gasteiger partial charge in [-0.15, -0.1) is 0 Å². The molecule has 1 heterocycles. The van der Waals surface area contributed by atoms with E-state index in [-0.39, 0.29) is 47.9 Å². The topological polar surface area (TPSA) is 63.7 Å². The molecule has 0 N–H and O–H groups in total. The molecule has 0 spiro atoms. The molecule has 6 atom stereocenters. The molecule has 2 aromatic rings. The zero-order valence-corrected chi connectivity index (χ0v) is 17.4. The van der Waals surface area contributed by atoms with Crippen LogP contribution in [0, 0.1) is 35.5 Å². The largest absolute Gasteiger partial charge is 0.483 e. The molecule has 3 fully saturated rings.